The zero-order chi connectivity index (χ0) is 21.6. The number of primary amides is 1. The molecular weight excluding hydrogens is 404 g/mol. The molecule has 0 radical (unpaired) electrons. The van der Waals surface area contributed by atoms with Gasteiger partial charge in [-0.05, 0) is 29.8 Å². The highest BCUT2D eigenvalue weighted by Gasteiger charge is 2.38. The van der Waals surface area contributed by atoms with Gasteiger partial charge in [0, 0.05) is 11.6 Å². The van der Waals surface area contributed by atoms with Gasteiger partial charge in [-0.2, -0.15) is 26.3 Å². The van der Waals surface area contributed by atoms with Crippen molar-refractivity contribution >= 4 is 16.8 Å². The SMILES string of the molecule is NC(=O)c1ccc(C(O)c2cc(C(F)(F)F)nc3c(C(F)(F)F)cccc23)nc1. The number of para-hydroxylation sites is 1. The first-order valence-corrected chi connectivity index (χ1v) is 7.91. The van der Waals surface area contributed by atoms with E-state index in [-0.39, 0.29) is 16.6 Å². The molecule has 5 nitrogen and oxygen atoms in total. The number of hydrogen-bond donors (Lipinski definition) is 2. The van der Waals surface area contributed by atoms with Gasteiger partial charge in [-0.25, -0.2) is 4.98 Å². The summed E-state index contributed by atoms with van der Waals surface area (Å²) in [6.07, 6.45) is -10.8. The first-order chi connectivity index (χ1) is 13.4. The van der Waals surface area contributed by atoms with E-state index >= 15 is 0 Å². The Bertz CT molecular complexity index is 1080. The summed E-state index contributed by atoms with van der Waals surface area (Å²) in [5.41, 5.74) is 0.491. The summed E-state index contributed by atoms with van der Waals surface area (Å²) in [4.78, 5) is 18.0. The number of aliphatic hydroxyl groups excluding tert-OH is 1. The van der Waals surface area contributed by atoms with Crippen LogP contribution in [0.2, 0.25) is 0 Å². The van der Waals surface area contributed by atoms with Crippen molar-refractivity contribution in [1.29, 1.82) is 0 Å². The van der Waals surface area contributed by atoms with Crippen LogP contribution in [-0.4, -0.2) is 21.0 Å². The van der Waals surface area contributed by atoms with Crippen molar-refractivity contribution in [3.8, 4) is 0 Å². The average molecular weight is 415 g/mol. The summed E-state index contributed by atoms with van der Waals surface area (Å²) in [5.74, 6) is -0.818. The van der Waals surface area contributed by atoms with E-state index in [1.165, 1.54) is 6.07 Å². The molecule has 152 valence electrons. The largest absolute Gasteiger partial charge is 0.433 e. The molecule has 1 atom stereocenters. The number of nitrogens with zero attached hydrogens (tertiary/aromatic N) is 2. The lowest BCUT2D eigenvalue weighted by Gasteiger charge is -2.18. The standard InChI is InChI=1S/C18H11F6N3O2/c19-17(20,21)11-3-1-2-9-10(6-13(18(22,23)24)27-14(9)11)15(28)12-5-4-8(7-26-12)16(25)29/h1-7,15,28H,(H2,25,29). The van der Waals surface area contributed by atoms with Crippen LogP contribution >= 0.6 is 0 Å². The topological polar surface area (TPSA) is 89.1 Å². The van der Waals surface area contributed by atoms with E-state index < -0.39 is 46.7 Å². The number of aliphatic hydroxyl groups is 1. The number of alkyl halides is 6. The fraction of sp³-hybridized carbons (Fsp3) is 0.167. The molecule has 0 fully saturated rings. The quantitative estimate of drug-likeness (QED) is 0.636. The molecule has 0 aliphatic rings. The Morgan fingerprint density at radius 2 is 1.72 bits per heavy atom. The molecule has 0 saturated heterocycles. The lowest BCUT2D eigenvalue weighted by atomic mass is 9.97. The highest BCUT2D eigenvalue weighted by molar-refractivity contribution is 5.92. The number of amides is 1. The van der Waals surface area contributed by atoms with E-state index in [1.54, 1.807) is 0 Å². The smallest absolute Gasteiger partial charge is 0.382 e. The normalized spacial score (nSPS) is 13.5. The zero-order valence-electron chi connectivity index (χ0n) is 14.2. The van der Waals surface area contributed by atoms with Crippen molar-refractivity contribution in [1.82, 2.24) is 9.97 Å². The van der Waals surface area contributed by atoms with Crippen LogP contribution in [0.5, 0.6) is 0 Å². The van der Waals surface area contributed by atoms with Crippen molar-refractivity contribution in [2.24, 2.45) is 5.73 Å². The van der Waals surface area contributed by atoms with Gasteiger partial charge < -0.3 is 10.8 Å². The lowest BCUT2D eigenvalue weighted by molar-refractivity contribution is -0.142. The van der Waals surface area contributed by atoms with Crippen molar-refractivity contribution < 1.29 is 36.2 Å². The number of carbonyl (C=O) groups is 1. The van der Waals surface area contributed by atoms with Crippen LogP contribution < -0.4 is 5.73 Å². The fourth-order valence-electron chi connectivity index (χ4n) is 2.75. The number of hydrogen-bond acceptors (Lipinski definition) is 4. The minimum atomic E-state index is -5.05. The first kappa shape index (κ1) is 20.5. The molecule has 29 heavy (non-hydrogen) atoms. The van der Waals surface area contributed by atoms with Gasteiger partial charge in [-0.15, -0.1) is 0 Å². The van der Waals surface area contributed by atoms with Crippen molar-refractivity contribution in [2.75, 3.05) is 0 Å². The number of nitrogens with two attached hydrogens (primary N) is 1. The Labute approximate surface area is 158 Å². The molecule has 1 unspecified atom stereocenters. The van der Waals surface area contributed by atoms with Gasteiger partial charge in [0.15, 0.2) is 0 Å². The predicted octanol–water partition coefficient (Wildman–Crippen LogP) is 3.85. The molecule has 1 amide bonds. The van der Waals surface area contributed by atoms with E-state index in [2.05, 4.69) is 9.97 Å². The van der Waals surface area contributed by atoms with Crippen LogP contribution in [-0.2, 0) is 12.4 Å². The Kier molecular flexibility index (Phi) is 4.95. The van der Waals surface area contributed by atoms with Crippen LogP contribution in [0.4, 0.5) is 26.3 Å². The summed E-state index contributed by atoms with van der Waals surface area (Å²) in [6, 6.07) is 5.51. The number of halogens is 6. The third-order valence-electron chi connectivity index (χ3n) is 4.11. The number of fused-ring (bicyclic) bond motifs is 1. The molecule has 3 N–H and O–H groups in total. The maximum atomic E-state index is 13.3. The molecule has 0 saturated carbocycles. The van der Waals surface area contributed by atoms with E-state index in [0.717, 1.165) is 24.4 Å². The molecule has 0 aliphatic heterocycles. The van der Waals surface area contributed by atoms with Crippen LogP contribution in [0, 0.1) is 0 Å². The molecule has 3 aromatic rings. The van der Waals surface area contributed by atoms with Crippen LogP contribution in [0.15, 0.2) is 42.6 Å². The minimum absolute atomic E-state index is 0.0177. The third kappa shape index (κ3) is 3.99. The van der Waals surface area contributed by atoms with Gasteiger partial charge >= 0.3 is 12.4 Å². The van der Waals surface area contributed by atoms with Crippen LogP contribution in [0.3, 0.4) is 0 Å². The minimum Gasteiger partial charge on any atom is -0.382 e. The molecule has 2 aromatic heterocycles. The van der Waals surface area contributed by atoms with Crippen molar-refractivity contribution in [3.05, 3.63) is 70.7 Å². The summed E-state index contributed by atoms with van der Waals surface area (Å²) in [7, 11) is 0. The maximum Gasteiger partial charge on any atom is 0.433 e. The summed E-state index contributed by atoms with van der Waals surface area (Å²) < 4.78 is 79.6. The number of aromatic nitrogens is 2. The van der Waals surface area contributed by atoms with Gasteiger partial charge in [0.1, 0.15) is 11.8 Å². The number of pyridine rings is 2. The summed E-state index contributed by atoms with van der Waals surface area (Å²) in [5, 5.41) is 10.2. The third-order valence-corrected chi connectivity index (χ3v) is 4.11. The summed E-state index contributed by atoms with van der Waals surface area (Å²) in [6.45, 7) is 0. The van der Waals surface area contributed by atoms with Gasteiger partial charge in [0.25, 0.3) is 0 Å². The molecule has 1 aromatic carbocycles. The Morgan fingerprint density at radius 1 is 1.03 bits per heavy atom. The fourth-order valence-corrected chi connectivity index (χ4v) is 2.75. The van der Waals surface area contributed by atoms with E-state index in [4.69, 9.17) is 5.73 Å². The highest BCUT2D eigenvalue weighted by Crippen LogP contribution is 2.39. The number of benzene rings is 1. The maximum absolute atomic E-state index is 13.3. The first-order valence-electron chi connectivity index (χ1n) is 7.91. The lowest BCUT2D eigenvalue weighted by Crippen LogP contribution is -2.15. The number of rotatable bonds is 3. The molecular formula is C18H11F6N3O2. The average Bonchev–Trinajstić information content (AvgIpc) is 2.64. The Balaban J connectivity index is 2.26. The highest BCUT2D eigenvalue weighted by atomic mass is 19.4. The molecule has 11 heteroatoms. The Morgan fingerprint density at radius 3 is 2.24 bits per heavy atom. The second kappa shape index (κ2) is 6.99. The zero-order valence-corrected chi connectivity index (χ0v) is 14.2. The number of carbonyl (C=O) groups excluding carboxylic acids is 1. The van der Waals surface area contributed by atoms with E-state index in [1.807, 2.05) is 0 Å². The van der Waals surface area contributed by atoms with Crippen LogP contribution in [0.25, 0.3) is 10.9 Å². The monoisotopic (exact) mass is 415 g/mol. The van der Waals surface area contributed by atoms with Gasteiger partial charge in [0.2, 0.25) is 5.91 Å². The molecule has 2 heterocycles. The molecule has 3 rings (SSSR count). The molecule has 0 bridgehead atoms. The molecule has 0 aliphatic carbocycles. The second-order valence-corrected chi connectivity index (χ2v) is 6.03. The van der Waals surface area contributed by atoms with E-state index in [0.29, 0.717) is 12.1 Å². The van der Waals surface area contributed by atoms with E-state index in [9.17, 15) is 36.2 Å². The second-order valence-electron chi connectivity index (χ2n) is 6.03. The van der Waals surface area contributed by atoms with Crippen molar-refractivity contribution in [2.45, 2.75) is 18.5 Å². The van der Waals surface area contributed by atoms with Crippen LogP contribution in [0.1, 0.15) is 39.0 Å². The van der Waals surface area contributed by atoms with Crippen molar-refractivity contribution in [3.63, 3.8) is 0 Å². The summed E-state index contributed by atoms with van der Waals surface area (Å²) >= 11 is 0. The van der Waals surface area contributed by atoms with Gasteiger partial charge in [-0.1, -0.05) is 12.1 Å². The molecule has 0 spiro atoms. The Hall–Kier alpha value is -3.21. The van der Waals surface area contributed by atoms with Gasteiger partial charge in [-0.3, -0.25) is 9.78 Å². The predicted molar refractivity (Wildman–Crippen MR) is 88.6 cm³/mol. The van der Waals surface area contributed by atoms with Gasteiger partial charge in [0.05, 0.1) is 22.3 Å².